The summed E-state index contributed by atoms with van der Waals surface area (Å²) in [5, 5.41) is 4.25. The summed E-state index contributed by atoms with van der Waals surface area (Å²) in [6.07, 6.45) is 2.28. The molecule has 2 aromatic heterocycles. The summed E-state index contributed by atoms with van der Waals surface area (Å²) in [5.41, 5.74) is 1.30. The molecular formula is C17H14S3. The van der Waals surface area contributed by atoms with Crippen LogP contribution in [0.15, 0.2) is 64.2 Å². The lowest BCUT2D eigenvalue weighted by atomic mass is 10.2. The van der Waals surface area contributed by atoms with Gasteiger partial charge in [0, 0.05) is 19.6 Å². The van der Waals surface area contributed by atoms with Crippen molar-refractivity contribution in [2.24, 2.45) is 0 Å². The van der Waals surface area contributed by atoms with E-state index in [0.717, 1.165) is 0 Å². The van der Waals surface area contributed by atoms with E-state index < -0.39 is 0 Å². The fourth-order valence-corrected chi connectivity index (χ4v) is 4.32. The zero-order valence-electron chi connectivity index (χ0n) is 11.1. The number of thioether (sulfide) groups is 1. The Morgan fingerprint density at radius 1 is 0.950 bits per heavy atom. The monoisotopic (exact) mass is 314 g/mol. The van der Waals surface area contributed by atoms with E-state index >= 15 is 0 Å². The molecule has 0 amide bonds. The maximum absolute atomic E-state index is 2.28. The van der Waals surface area contributed by atoms with E-state index in [0.29, 0.717) is 0 Å². The Bertz CT molecular complexity index is 674. The summed E-state index contributed by atoms with van der Waals surface area (Å²) < 4.78 is 0. The molecule has 2 heterocycles. The second-order valence-corrected chi connectivity index (χ2v) is 7.46. The first-order valence-corrected chi connectivity index (χ1v) is 8.92. The highest BCUT2D eigenvalue weighted by atomic mass is 32.2. The van der Waals surface area contributed by atoms with Gasteiger partial charge in [0.2, 0.25) is 0 Å². The second-order valence-electron chi connectivity index (χ2n) is 4.42. The summed E-state index contributed by atoms with van der Waals surface area (Å²) in [6.45, 7) is 2.12. The summed E-state index contributed by atoms with van der Waals surface area (Å²) >= 11 is 5.40. The first-order valence-electron chi connectivity index (χ1n) is 6.35. The van der Waals surface area contributed by atoms with Gasteiger partial charge in [-0.3, -0.25) is 0 Å². The van der Waals surface area contributed by atoms with Gasteiger partial charge in [-0.1, -0.05) is 41.6 Å². The average Bonchev–Trinajstić information content (AvgIpc) is 3.12. The lowest BCUT2D eigenvalue weighted by molar-refractivity contribution is 1.38. The van der Waals surface area contributed by atoms with Crippen molar-refractivity contribution in [3.8, 4) is 0 Å². The molecule has 0 radical (unpaired) electrons. The summed E-state index contributed by atoms with van der Waals surface area (Å²) in [5.74, 6) is 0. The van der Waals surface area contributed by atoms with Crippen molar-refractivity contribution in [3.63, 3.8) is 0 Å². The molecule has 0 aliphatic carbocycles. The summed E-state index contributed by atoms with van der Waals surface area (Å²) in [6, 6.07) is 17.3. The molecule has 3 rings (SSSR count). The van der Waals surface area contributed by atoms with Gasteiger partial charge in [0.25, 0.3) is 0 Å². The van der Waals surface area contributed by atoms with Gasteiger partial charge in [-0.15, -0.1) is 22.7 Å². The van der Waals surface area contributed by atoms with Crippen LogP contribution < -0.4 is 0 Å². The lowest BCUT2D eigenvalue weighted by Gasteiger charge is -2.05. The Hall–Kier alpha value is -1.29. The molecule has 0 spiro atoms. The van der Waals surface area contributed by atoms with Crippen molar-refractivity contribution in [1.29, 1.82) is 0 Å². The molecule has 0 N–H and O–H groups in total. The molecule has 0 aliphatic rings. The van der Waals surface area contributed by atoms with E-state index in [2.05, 4.69) is 72.3 Å². The van der Waals surface area contributed by atoms with Crippen LogP contribution in [0.25, 0.3) is 11.0 Å². The minimum Gasteiger partial charge on any atom is -0.144 e. The number of hydrogen-bond acceptors (Lipinski definition) is 3. The van der Waals surface area contributed by atoms with Crippen LogP contribution >= 0.6 is 34.4 Å². The van der Waals surface area contributed by atoms with Crippen LogP contribution in [-0.4, -0.2) is 0 Å². The predicted octanol–water partition coefficient (Wildman–Crippen LogP) is 6.41. The van der Waals surface area contributed by atoms with E-state index in [-0.39, 0.29) is 0 Å². The molecule has 0 saturated carbocycles. The minimum atomic E-state index is 1.28. The maximum atomic E-state index is 2.28. The first-order chi connectivity index (χ1) is 9.81. The Morgan fingerprint density at radius 3 is 2.35 bits per heavy atom. The average molecular weight is 315 g/mol. The van der Waals surface area contributed by atoms with Crippen molar-refractivity contribution in [3.05, 3.63) is 74.6 Å². The van der Waals surface area contributed by atoms with Gasteiger partial charge in [0.05, 0.1) is 0 Å². The van der Waals surface area contributed by atoms with Gasteiger partial charge in [-0.25, -0.2) is 0 Å². The largest absolute Gasteiger partial charge is 0.144 e. The van der Waals surface area contributed by atoms with Gasteiger partial charge < -0.3 is 0 Å². The van der Waals surface area contributed by atoms with Gasteiger partial charge in [0.15, 0.2) is 0 Å². The van der Waals surface area contributed by atoms with E-state index in [1.807, 2.05) is 11.8 Å². The Balaban J connectivity index is 1.92. The van der Waals surface area contributed by atoms with Gasteiger partial charge in [0.1, 0.15) is 0 Å². The zero-order chi connectivity index (χ0) is 13.8. The molecule has 0 unspecified atom stereocenters. The Morgan fingerprint density at radius 2 is 1.70 bits per heavy atom. The van der Waals surface area contributed by atoms with Crippen molar-refractivity contribution in [1.82, 2.24) is 0 Å². The smallest absolute Gasteiger partial charge is 0.0410 e. The fraction of sp³-hybridized carbons (Fsp3) is 0.0588. The highest BCUT2D eigenvalue weighted by molar-refractivity contribution is 8.08. The van der Waals surface area contributed by atoms with E-state index in [1.165, 1.54) is 25.1 Å². The quantitative estimate of drug-likeness (QED) is 0.501. The normalized spacial score (nSPS) is 11.8. The lowest BCUT2D eigenvalue weighted by Crippen LogP contribution is -1.77. The molecule has 0 saturated heterocycles. The van der Waals surface area contributed by atoms with E-state index in [1.54, 1.807) is 22.7 Å². The Kier molecular flexibility index (Phi) is 4.41. The third-order valence-corrected chi connectivity index (χ3v) is 5.75. The molecule has 0 aliphatic heterocycles. The maximum Gasteiger partial charge on any atom is 0.0410 e. The van der Waals surface area contributed by atoms with Gasteiger partial charge in [-0.2, -0.15) is 0 Å². The fourth-order valence-electron chi connectivity index (χ4n) is 1.81. The van der Waals surface area contributed by atoms with Crippen LogP contribution in [0, 0.1) is 6.92 Å². The third kappa shape index (κ3) is 3.42. The molecule has 3 heteroatoms. The first kappa shape index (κ1) is 13.7. The van der Waals surface area contributed by atoms with Crippen LogP contribution in [0.5, 0.6) is 0 Å². The van der Waals surface area contributed by atoms with Crippen LogP contribution in [-0.2, 0) is 0 Å². The molecule has 1 aromatic carbocycles. The van der Waals surface area contributed by atoms with Crippen molar-refractivity contribution < 1.29 is 0 Å². The molecule has 0 nitrogen and oxygen atoms in total. The standard InChI is InChI=1S/C17H14S3/c1-13-6-8-14(9-7-13)20-17(16-5-3-11-19-16)12-15-4-2-10-18-15/h2-12H,1H3/b17-12+. The molecular weight excluding hydrogens is 300 g/mol. The van der Waals surface area contributed by atoms with E-state index in [4.69, 9.17) is 0 Å². The number of aryl methyl sites for hydroxylation is 1. The van der Waals surface area contributed by atoms with Crippen LogP contribution in [0.2, 0.25) is 0 Å². The van der Waals surface area contributed by atoms with Crippen LogP contribution in [0.1, 0.15) is 15.3 Å². The molecule has 0 bridgehead atoms. The minimum absolute atomic E-state index is 1.28. The number of thiophene rings is 2. The zero-order valence-corrected chi connectivity index (χ0v) is 13.5. The molecule has 3 aromatic rings. The van der Waals surface area contributed by atoms with Crippen molar-refractivity contribution in [2.45, 2.75) is 11.8 Å². The SMILES string of the molecule is Cc1ccc(S/C(=C/c2cccs2)c2cccs2)cc1. The highest BCUT2D eigenvalue weighted by Gasteiger charge is 2.06. The molecule has 100 valence electrons. The van der Waals surface area contributed by atoms with Gasteiger partial charge in [-0.05, 0) is 48.0 Å². The topological polar surface area (TPSA) is 0 Å². The second kappa shape index (κ2) is 6.44. The van der Waals surface area contributed by atoms with Crippen LogP contribution in [0.4, 0.5) is 0 Å². The molecule has 0 fully saturated rings. The Labute approximate surface area is 131 Å². The predicted molar refractivity (Wildman–Crippen MR) is 93.5 cm³/mol. The summed E-state index contributed by atoms with van der Waals surface area (Å²) in [4.78, 5) is 5.22. The van der Waals surface area contributed by atoms with E-state index in [9.17, 15) is 0 Å². The number of hydrogen-bond donors (Lipinski definition) is 0. The summed E-state index contributed by atoms with van der Waals surface area (Å²) in [7, 11) is 0. The number of benzene rings is 1. The third-order valence-electron chi connectivity index (χ3n) is 2.83. The molecule has 20 heavy (non-hydrogen) atoms. The molecule has 0 atom stereocenters. The van der Waals surface area contributed by atoms with Crippen molar-refractivity contribution >= 4 is 45.4 Å². The van der Waals surface area contributed by atoms with Gasteiger partial charge >= 0.3 is 0 Å². The van der Waals surface area contributed by atoms with Crippen LogP contribution in [0.3, 0.4) is 0 Å². The highest BCUT2D eigenvalue weighted by Crippen LogP contribution is 2.38. The number of rotatable bonds is 4. The van der Waals surface area contributed by atoms with Crippen molar-refractivity contribution in [2.75, 3.05) is 0 Å².